The van der Waals surface area contributed by atoms with E-state index in [1.54, 1.807) is 0 Å². The average molecular weight is 839 g/mol. The number of hydrogen-bond donors (Lipinski definition) is 0. The van der Waals surface area contributed by atoms with E-state index in [4.69, 9.17) is 8.83 Å². The molecule has 0 atom stereocenters. The van der Waals surface area contributed by atoms with Gasteiger partial charge in [0.15, 0.2) is 0 Å². The van der Waals surface area contributed by atoms with Crippen LogP contribution < -0.4 is 0 Å². The minimum Gasteiger partial charge on any atom is -0.455 e. The second kappa shape index (κ2) is 14.4. The normalized spacial score (nSPS) is 11.9. The number of hydrogen-bond acceptors (Lipinski definition) is 2. The van der Waals surface area contributed by atoms with Crippen LogP contribution >= 0.6 is 0 Å². The third kappa shape index (κ3) is 5.42. The van der Waals surface area contributed by atoms with E-state index in [1.807, 2.05) is 6.07 Å². The molecule has 0 radical (unpaired) electrons. The highest BCUT2D eigenvalue weighted by Crippen LogP contribution is 2.48. The second-order valence-corrected chi connectivity index (χ2v) is 17.4. The third-order valence-electron chi connectivity index (χ3n) is 13.9. The summed E-state index contributed by atoms with van der Waals surface area (Å²) in [4.78, 5) is 0. The summed E-state index contributed by atoms with van der Waals surface area (Å²) in [6, 6.07) is 83.3. The Morgan fingerprint density at radius 3 is 1.12 bits per heavy atom. The van der Waals surface area contributed by atoms with E-state index in [1.165, 1.54) is 82.0 Å². The monoisotopic (exact) mass is 838 g/mol. The Morgan fingerprint density at radius 2 is 0.561 bits per heavy atom. The molecule has 2 aromatic heterocycles. The Kier molecular flexibility index (Phi) is 8.02. The standard InChI is InChI=1S/C64H38O2/c1-2-16-40(17-3-1)59-45-19-4-6-21-47(45)61(48-22-7-5-20-46(48)59)42-36-37-58-56(38-42)54-29-14-27-43(63(54)66-58)39-32-34-41(35-33-39)60-49-23-8-10-25-51(49)62(52-26-11-9-24-50(52)60)55-30-15-28-53-44-18-12-13-31-57(44)65-64(53)55/h1-38H. The molecule has 0 unspecified atom stereocenters. The van der Waals surface area contributed by atoms with Crippen LogP contribution in [0.5, 0.6) is 0 Å². The van der Waals surface area contributed by atoms with Gasteiger partial charge in [-0.1, -0.05) is 212 Å². The van der Waals surface area contributed by atoms with Crippen LogP contribution in [0.15, 0.2) is 239 Å². The van der Waals surface area contributed by atoms with E-state index >= 15 is 0 Å². The van der Waals surface area contributed by atoms with E-state index in [0.29, 0.717) is 0 Å². The van der Waals surface area contributed by atoms with Crippen molar-refractivity contribution in [3.63, 3.8) is 0 Å². The maximum Gasteiger partial charge on any atom is 0.143 e. The zero-order chi connectivity index (χ0) is 43.3. The molecule has 14 aromatic rings. The van der Waals surface area contributed by atoms with Gasteiger partial charge in [0, 0.05) is 38.2 Å². The first-order valence-electron chi connectivity index (χ1n) is 22.7. The average Bonchev–Trinajstić information content (AvgIpc) is 3.96. The van der Waals surface area contributed by atoms with Crippen LogP contribution in [0.25, 0.3) is 143 Å². The van der Waals surface area contributed by atoms with Gasteiger partial charge >= 0.3 is 0 Å². The first-order valence-corrected chi connectivity index (χ1v) is 22.7. The van der Waals surface area contributed by atoms with Crippen LogP contribution in [0.3, 0.4) is 0 Å². The van der Waals surface area contributed by atoms with Gasteiger partial charge < -0.3 is 8.83 Å². The van der Waals surface area contributed by atoms with E-state index < -0.39 is 0 Å². The lowest BCUT2D eigenvalue weighted by atomic mass is 9.85. The van der Waals surface area contributed by atoms with Crippen molar-refractivity contribution in [3.8, 4) is 55.6 Å². The van der Waals surface area contributed by atoms with Crippen molar-refractivity contribution in [2.24, 2.45) is 0 Å². The highest BCUT2D eigenvalue weighted by atomic mass is 16.3. The molecular formula is C64H38O2. The number of furan rings is 2. The van der Waals surface area contributed by atoms with E-state index in [9.17, 15) is 0 Å². The van der Waals surface area contributed by atoms with Gasteiger partial charge in [-0.05, 0) is 100 Å². The maximum atomic E-state index is 6.81. The van der Waals surface area contributed by atoms with Crippen LogP contribution in [0, 0.1) is 0 Å². The summed E-state index contributed by atoms with van der Waals surface area (Å²) in [6.07, 6.45) is 0. The van der Waals surface area contributed by atoms with Gasteiger partial charge in [-0.25, -0.2) is 0 Å². The lowest BCUT2D eigenvalue weighted by Crippen LogP contribution is -1.91. The molecule has 0 spiro atoms. The van der Waals surface area contributed by atoms with Crippen LogP contribution in [0.2, 0.25) is 0 Å². The summed E-state index contributed by atoms with van der Waals surface area (Å²) in [7, 11) is 0. The molecule has 0 N–H and O–H groups in total. The fraction of sp³-hybridized carbons (Fsp3) is 0. The van der Waals surface area contributed by atoms with Crippen molar-refractivity contribution in [1.29, 1.82) is 0 Å². The third-order valence-corrected chi connectivity index (χ3v) is 13.9. The smallest absolute Gasteiger partial charge is 0.143 e. The van der Waals surface area contributed by atoms with Gasteiger partial charge in [-0.15, -0.1) is 0 Å². The minimum atomic E-state index is 0.878. The van der Waals surface area contributed by atoms with Crippen molar-refractivity contribution < 1.29 is 8.83 Å². The topological polar surface area (TPSA) is 26.3 Å². The van der Waals surface area contributed by atoms with Crippen molar-refractivity contribution in [1.82, 2.24) is 0 Å². The molecule has 66 heavy (non-hydrogen) atoms. The summed E-state index contributed by atoms with van der Waals surface area (Å²) in [5, 5.41) is 14.3. The summed E-state index contributed by atoms with van der Waals surface area (Å²) in [5.41, 5.74) is 15.4. The Labute approximate surface area is 380 Å². The van der Waals surface area contributed by atoms with Gasteiger partial charge in [-0.3, -0.25) is 0 Å². The van der Waals surface area contributed by atoms with E-state index in [0.717, 1.165) is 60.6 Å². The SMILES string of the molecule is c1ccc(-c2c3ccccc3c(-c3ccc4oc5c(-c6ccc(-c7c8ccccc8c(-c8cccc9c8oc8ccccc89)c8ccccc78)cc6)cccc5c4c3)c3ccccc23)cc1. The Hall–Kier alpha value is -8.72. The Balaban J connectivity index is 0.903. The van der Waals surface area contributed by atoms with Crippen molar-refractivity contribution >= 4 is 87.0 Å². The van der Waals surface area contributed by atoms with Gasteiger partial charge in [0.2, 0.25) is 0 Å². The summed E-state index contributed by atoms with van der Waals surface area (Å²) in [6.45, 7) is 0. The second-order valence-electron chi connectivity index (χ2n) is 17.4. The minimum absolute atomic E-state index is 0.878. The summed E-state index contributed by atoms with van der Waals surface area (Å²) < 4.78 is 13.4. The predicted molar refractivity (Wildman–Crippen MR) is 278 cm³/mol. The number of fused-ring (bicyclic) bond motifs is 10. The van der Waals surface area contributed by atoms with Crippen LogP contribution in [-0.2, 0) is 0 Å². The zero-order valence-electron chi connectivity index (χ0n) is 35.8. The van der Waals surface area contributed by atoms with Crippen molar-refractivity contribution in [2.45, 2.75) is 0 Å². The maximum absolute atomic E-state index is 6.81. The van der Waals surface area contributed by atoms with Crippen LogP contribution in [0.1, 0.15) is 0 Å². The Morgan fingerprint density at radius 1 is 0.197 bits per heavy atom. The molecule has 0 aliphatic carbocycles. The molecule has 306 valence electrons. The number of para-hydroxylation sites is 3. The van der Waals surface area contributed by atoms with Gasteiger partial charge in [0.05, 0.1) is 0 Å². The number of rotatable bonds is 5. The molecular weight excluding hydrogens is 801 g/mol. The van der Waals surface area contributed by atoms with Gasteiger partial charge in [0.25, 0.3) is 0 Å². The molecule has 0 fully saturated rings. The fourth-order valence-electron chi connectivity index (χ4n) is 11.0. The lowest BCUT2D eigenvalue weighted by Gasteiger charge is -2.18. The van der Waals surface area contributed by atoms with Crippen molar-refractivity contribution in [2.75, 3.05) is 0 Å². The van der Waals surface area contributed by atoms with Crippen molar-refractivity contribution in [3.05, 3.63) is 231 Å². The van der Waals surface area contributed by atoms with Gasteiger partial charge in [0.1, 0.15) is 22.3 Å². The molecule has 0 aliphatic heterocycles. The van der Waals surface area contributed by atoms with Crippen LogP contribution in [-0.4, -0.2) is 0 Å². The molecule has 0 saturated carbocycles. The fourth-order valence-corrected chi connectivity index (χ4v) is 11.0. The predicted octanol–water partition coefficient (Wildman–Crippen LogP) is 18.4. The van der Waals surface area contributed by atoms with E-state index in [-0.39, 0.29) is 0 Å². The molecule has 12 aromatic carbocycles. The molecule has 2 nitrogen and oxygen atoms in total. The number of benzene rings is 12. The molecule has 0 aliphatic rings. The van der Waals surface area contributed by atoms with Crippen LogP contribution in [0.4, 0.5) is 0 Å². The first kappa shape index (κ1) is 36.7. The molecule has 2 heterocycles. The molecule has 14 rings (SSSR count). The summed E-state index contributed by atoms with van der Waals surface area (Å²) >= 11 is 0. The zero-order valence-corrected chi connectivity index (χ0v) is 35.8. The lowest BCUT2D eigenvalue weighted by molar-refractivity contribution is 0.669. The largest absolute Gasteiger partial charge is 0.455 e. The Bertz CT molecular complexity index is 4150. The highest BCUT2D eigenvalue weighted by molar-refractivity contribution is 6.25. The summed E-state index contributed by atoms with van der Waals surface area (Å²) in [5.74, 6) is 0. The highest BCUT2D eigenvalue weighted by Gasteiger charge is 2.22. The molecule has 2 heteroatoms. The first-order chi connectivity index (χ1) is 32.8. The van der Waals surface area contributed by atoms with E-state index in [2.05, 4.69) is 224 Å². The quantitative estimate of drug-likeness (QED) is 0.161. The molecule has 0 saturated heterocycles. The molecule has 0 bridgehead atoms. The molecule has 0 amide bonds. The van der Waals surface area contributed by atoms with Gasteiger partial charge in [-0.2, -0.15) is 0 Å².